The van der Waals surface area contributed by atoms with E-state index in [2.05, 4.69) is 11.4 Å². The Bertz CT molecular complexity index is 1020. The quantitative estimate of drug-likeness (QED) is 0.667. The summed E-state index contributed by atoms with van der Waals surface area (Å²) in [4.78, 5) is 12.5. The average Bonchev–Trinajstić information content (AvgIpc) is 2.71. The van der Waals surface area contributed by atoms with Gasteiger partial charge in [-0.2, -0.15) is 5.26 Å². The molecule has 4 nitrogen and oxygen atoms in total. The van der Waals surface area contributed by atoms with E-state index in [-0.39, 0.29) is 5.91 Å². The smallest absolute Gasteiger partial charge is 0.265 e. The number of hydrogen-bond donors (Lipinski definition) is 1. The van der Waals surface area contributed by atoms with E-state index in [1.165, 1.54) is 0 Å². The highest BCUT2D eigenvalue weighted by molar-refractivity contribution is 5.94. The molecule has 0 spiro atoms. The van der Waals surface area contributed by atoms with Gasteiger partial charge < -0.3 is 10.1 Å². The highest BCUT2D eigenvalue weighted by Crippen LogP contribution is 2.24. The van der Waals surface area contributed by atoms with E-state index in [0.29, 0.717) is 11.3 Å². The molecule has 4 heteroatoms. The Kier molecular flexibility index (Phi) is 5.76. The standard InChI is InChI=1S/C24H22N2O2/c1-16-4-5-17(2)23(14-16)26-24(27)18(3)28-22-12-10-21(11-13-22)20-8-6-19(15-25)7-9-20/h4-14,18H,1-3H3,(H,26,27). The molecular weight excluding hydrogens is 348 g/mol. The number of carbonyl (C=O) groups is 1. The first-order valence-corrected chi connectivity index (χ1v) is 9.11. The van der Waals surface area contributed by atoms with Crippen LogP contribution in [0.5, 0.6) is 5.75 Å². The van der Waals surface area contributed by atoms with Crippen molar-refractivity contribution in [2.75, 3.05) is 5.32 Å². The van der Waals surface area contributed by atoms with Crippen LogP contribution in [0.1, 0.15) is 23.6 Å². The molecule has 3 aromatic carbocycles. The number of hydrogen-bond acceptors (Lipinski definition) is 3. The van der Waals surface area contributed by atoms with Gasteiger partial charge in [-0.15, -0.1) is 0 Å². The molecule has 0 radical (unpaired) electrons. The van der Waals surface area contributed by atoms with E-state index in [1.807, 2.05) is 68.4 Å². The van der Waals surface area contributed by atoms with Crippen LogP contribution >= 0.6 is 0 Å². The number of amides is 1. The van der Waals surface area contributed by atoms with Gasteiger partial charge in [-0.3, -0.25) is 4.79 Å². The van der Waals surface area contributed by atoms with Gasteiger partial charge in [0.1, 0.15) is 5.75 Å². The zero-order valence-electron chi connectivity index (χ0n) is 16.2. The second-order valence-corrected chi connectivity index (χ2v) is 6.78. The van der Waals surface area contributed by atoms with Crippen LogP contribution in [-0.2, 0) is 4.79 Å². The summed E-state index contributed by atoms with van der Waals surface area (Å²) in [5.41, 5.74) is 5.57. The molecule has 0 aliphatic heterocycles. The largest absolute Gasteiger partial charge is 0.481 e. The molecule has 0 bridgehead atoms. The lowest BCUT2D eigenvalue weighted by Gasteiger charge is -2.16. The molecule has 140 valence electrons. The normalized spacial score (nSPS) is 11.4. The first-order valence-electron chi connectivity index (χ1n) is 9.11. The molecule has 0 saturated heterocycles. The Hall–Kier alpha value is -3.58. The summed E-state index contributed by atoms with van der Waals surface area (Å²) in [6.45, 7) is 5.68. The summed E-state index contributed by atoms with van der Waals surface area (Å²) in [5, 5.41) is 11.8. The maximum Gasteiger partial charge on any atom is 0.265 e. The predicted molar refractivity (Wildman–Crippen MR) is 111 cm³/mol. The summed E-state index contributed by atoms with van der Waals surface area (Å²) in [6.07, 6.45) is -0.624. The monoisotopic (exact) mass is 370 g/mol. The fraction of sp³-hybridized carbons (Fsp3) is 0.167. The van der Waals surface area contributed by atoms with E-state index in [0.717, 1.165) is 27.9 Å². The Labute approximate surface area is 165 Å². The van der Waals surface area contributed by atoms with E-state index >= 15 is 0 Å². The van der Waals surface area contributed by atoms with Crippen molar-refractivity contribution >= 4 is 11.6 Å². The maximum atomic E-state index is 12.5. The lowest BCUT2D eigenvalue weighted by Crippen LogP contribution is -2.30. The third-order valence-corrected chi connectivity index (χ3v) is 4.53. The minimum atomic E-state index is -0.624. The molecule has 1 unspecified atom stereocenters. The topological polar surface area (TPSA) is 62.1 Å². The Balaban J connectivity index is 1.65. The van der Waals surface area contributed by atoms with Crippen LogP contribution in [0, 0.1) is 25.2 Å². The van der Waals surface area contributed by atoms with Crippen molar-refractivity contribution < 1.29 is 9.53 Å². The van der Waals surface area contributed by atoms with Gasteiger partial charge in [0.15, 0.2) is 6.10 Å². The number of ether oxygens (including phenoxy) is 1. The first kappa shape index (κ1) is 19.2. The van der Waals surface area contributed by atoms with E-state index < -0.39 is 6.10 Å². The molecule has 1 amide bonds. The molecule has 0 aromatic heterocycles. The van der Waals surface area contributed by atoms with Gasteiger partial charge in [0, 0.05) is 5.69 Å². The molecule has 1 N–H and O–H groups in total. The number of nitrogens with one attached hydrogen (secondary N) is 1. The molecule has 1 atom stereocenters. The number of carbonyl (C=O) groups excluding carboxylic acids is 1. The van der Waals surface area contributed by atoms with Crippen molar-refractivity contribution in [3.05, 3.63) is 83.4 Å². The Morgan fingerprint density at radius 2 is 1.57 bits per heavy atom. The number of rotatable bonds is 5. The average molecular weight is 370 g/mol. The van der Waals surface area contributed by atoms with Crippen LogP contribution in [0.2, 0.25) is 0 Å². The summed E-state index contributed by atoms with van der Waals surface area (Å²) < 4.78 is 5.79. The maximum absolute atomic E-state index is 12.5. The molecule has 28 heavy (non-hydrogen) atoms. The van der Waals surface area contributed by atoms with Crippen LogP contribution in [-0.4, -0.2) is 12.0 Å². The van der Waals surface area contributed by atoms with Crippen molar-refractivity contribution in [2.24, 2.45) is 0 Å². The minimum absolute atomic E-state index is 0.190. The number of anilines is 1. The molecule has 0 heterocycles. The van der Waals surface area contributed by atoms with Crippen LogP contribution < -0.4 is 10.1 Å². The van der Waals surface area contributed by atoms with E-state index in [4.69, 9.17) is 10.00 Å². The van der Waals surface area contributed by atoms with Crippen LogP contribution in [0.25, 0.3) is 11.1 Å². The predicted octanol–water partition coefficient (Wildman–Crippen LogP) is 5.25. The van der Waals surface area contributed by atoms with Crippen molar-refractivity contribution in [1.82, 2.24) is 0 Å². The molecule has 0 aliphatic rings. The van der Waals surface area contributed by atoms with Gasteiger partial charge in [-0.25, -0.2) is 0 Å². The van der Waals surface area contributed by atoms with Gasteiger partial charge >= 0.3 is 0 Å². The molecule has 0 saturated carbocycles. The minimum Gasteiger partial charge on any atom is -0.481 e. The van der Waals surface area contributed by atoms with Gasteiger partial charge in [-0.05, 0) is 73.4 Å². The third-order valence-electron chi connectivity index (χ3n) is 4.53. The SMILES string of the molecule is Cc1ccc(C)c(NC(=O)C(C)Oc2ccc(-c3ccc(C#N)cc3)cc2)c1. The van der Waals surface area contributed by atoms with Crippen molar-refractivity contribution in [3.63, 3.8) is 0 Å². The Morgan fingerprint density at radius 1 is 0.964 bits per heavy atom. The van der Waals surface area contributed by atoms with Crippen LogP contribution in [0.15, 0.2) is 66.7 Å². The highest BCUT2D eigenvalue weighted by atomic mass is 16.5. The highest BCUT2D eigenvalue weighted by Gasteiger charge is 2.16. The summed E-state index contributed by atoms with van der Waals surface area (Å²) >= 11 is 0. The fourth-order valence-electron chi connectivity index (χ4n) is 2.83. The summed E-state index contributed by atoms with van der Waals surface area (Å²) in [5.74, 6) is 0.436. The van der Waals surface area contributed by atoms with Gasteiger partial charge in [0.25, 0.3) is 5.91 Å². The van der Waals surface area contributed by atoms with Crippen LogP contribution in [0.4, 0.5) is 5.69 Å². The van der Waals surface area contributed by atoms with Gasteiger partial charge in [0.05, 0.1) is 11.6 Å². The molecule has 3 aromatic rings. The second-order valence-electron chi connectivity index (χ2n) is 6.78. The summed E-state index contributed by atoms with van der Waals surface area (Å²) in [6, 6.07) is 23.0. The number of aryl methyl sites for hydroxylation is 2. The number of nitriles is 1. The fourth-order valence-corrected chi connectivity index (χ4v) is 2.83. The van der Waals surface area contributed by atoms with Crippen molar-refractivity contribution in [3.8, 4) is 22.9 Å². The number of benzene rings is 3. The second kappa shape index (κ2) is 8.41. The molecule has 3 rings (SSSR count). The van der Waals surface area contributed by atoms with Gasteiger partial charge in [-0.1, -0.05) is 36.4 Å². The van der Waals surface area contributed by atoms with Gasteiger partial charge in [0.2, 0.25) is 0 Å². The third kappa shape index (κ3) is 4.57. The Morgan fingerprint density at radius 3 is 2.18 bits per heavy atom. The van der Waals surface area contributed by atoms with E-state index in [1.54, 1.807) is 19.1 Å². The van der Waals surface area contributed by atoms with Crippen LogP contribution in [0.3, 0.4) is 0 Å². The lowest BCUT2D eigenvalue weighted by atomic mass is 10.0. The zero-order valence-corrected chi connectivity index (χ0v) is 16.2. The first-order chi connectivity index (χ1) is 13.5. The zero-order chi connectivity index (χ0) is 20.1. The molecular formula is C24H22N2O2. The molecule has 0 aliphatic carbocycles. The number of nitrogens with zero attached hydrogens (tertiary/aromatic N) is 1. The van der Waals surface area contributed by atoms with E-state index in [9.17, 15) is 4.79 Å². The van der Waals surface area contributed by atoms with Crippen molar-refractivity contribution in [1.29, 1.82) is 5.26 Å². The summed E-state index contributed by atoms with van der Waals surface area (Å²) in [7, 11) is 0. The van der Waals surface area contributed by atoms with Crippen molar-refractivity contribution in [2.45, 2.75) is 26.9 Å². The molecule has 0 fully saturated rings. The lowest BCUT2D eigenvalue weighted by molar-refractivity contribution is -0.122.